The van der Waals surface area contributed by atoms with E-state index in [4.69, 9.17) is 5.11 Å². The second kappa shape index (κ2) is 4.20. The zero-order valence-corrected chi connectivity index (χ0v) is 6.90. The van der Waals surface area contributed by atoms with Gasteiger partial charge in [0.1, 0.15) is 5.82 Å². The zero-order chi connectivity index (χ0) is 9.68. The average molecular weight is 179 g/mol. The monoisotopic (exact) mass is 179 g/mol. The number of carbonyl (C=O) groups is 1. The number of hydrogen-bond acceptors (Lipinski definition) is 4. The summed E-state index contributed by atoms with van der Waals surface area (Å²) in [7, 11) is 0. The quantitative estimate of drug-likeness (QED) is 0.668. The van der Waals surface area contributed by atoms with Gasteiger partial charge in [-0.2, -0.15) is 0 Å². The van der Waals surface area contributed by atoms with Crippen LogP contribution in [0.2, 0.25) is 0 Å². The SMILES string of the molecule is C=CCNc1ccnc(C(=O)O)n1. The van der Waals surface area contributed by atoms with Gasteiger partial charge in [-0.05, 0) is 6.07 Å². The number of anilines is 1. The van der Waals surface area contributed by atoms with Crippen LogP contribution in [0, 0.1) is 0 Å². The Morgan fingerprint density at radius 2 is 2.54 bits per heavy atom. The molecular formula is C8H9N3O2. The summed E-state index contributed by atoms with van der Waals surface area (Å²) in [4.78, 5) is 17.8. The van der Waals surface area contributed by atoms with Crippen molar-refractivity contribution >= 4 is 11.8 Å². The summed E-state index contributed by atoms with van der Waals surface area (Å²) < 4.78 is 0. The maximum Gasteiger partial charge on any atom is 0.374 e. The fourth-order valence-electron chi connectivity index (χ4n) is 0.737. The van der Waals surface area contributed by atoms with Crippen molar-refractivity contribution in [3.8, 4) is 0 Å². The molecule has 0 bridgehead atoms. The summed E-state index contributed by atoms with van der Waals surface area (Å²) in [5.74, 6) is -0.872. The van der Waals surface area contributed by atoms with Crippen molar-refractivity contribution in [2.45, 2.75) is 0 Å². The Hall–Kier alpha value is -1.91. The lowest BCUT2D eigenvalue weighted by atomic mass is 10.5. The van der Waals surface area contributed by atoms with E-state index in [-0.39, 0.29) is 5.82 Å². The summed E-state index contributed by atoms with van der Waals surface area (Å²) >= 11 is 0. The Kier molecular flexibility index (Phi) is 2.97. The highest BCUT2D eigenvalue weighted by Gasteiger charge is 2.05. The molecule has 5 nitrogen and oxygen atoms in total. The molecule has 0 amide bonds. The van der Waals surface area contributed by atoms with Gasteiger partial charge in [0.25, 0.3) is 0 Å². The molecule has 0 saturated carbocycles. The Bertz CT molecular complexity index is 325. The highest BCUT2D eigenvalue weighted by molar-refractivity contribution is 5.83. The molecule has 0 fully saturated rings. The molecule has 1 aromatic rings. The number of carboxylic acid groups (broad SMARTS) is 1. The van der Waals surface area contributed by atoms with Crippen LogP contribution in [0.15, 0.2) is 24.9 Å². The predicted molar refractivity (Wildman–Crippen MR) is 47.7 cm³/mol. The molecular weight excluding hydrogens is 170 g/mol. The second-order valence-corrected chi connectivity index (χ2v) is 2.24. The third-order valence-corrected chi connectivity index (χ3v) is 1.27. The molecule has 68 valence electrons. The van der Waals surface area contributed by atoms with Crippen LogP contribution in [-0.2, 0) is 0 Å². The number of hydrogen-bond donors (Lipinski definition) is 2. The number of aromatic nitrogens is 2. The van der Waals surface area contributed by atoms with Crippen LogP contribution < -0.4 is 5.32 Å². The third-order valence-electron chi connectivity index (χ3n) is 1.27. The first kappa shape index (κ1) is 9.18. The molecule has 0 atom stereocenters. The van der Waals surface area contributed by atoms with Crippen molar-refractivity contribution in [3.05, 3.63) is 30.7 Å². The lowest BCUT2D eigenvalue weighted by molar-refractivity contribution is 0.0683. The molecule has 0 unspecified atom stereocenters. The molecule has 0 aromatic carbocycles. The van der Waals surface area contributed by atoms with E-state index in [2.05, 4.69) is 21.9 Å². The lowest BCUT2D eigenvalue weighted by Gasteiger charge is -2.01. The standard InChI is InChI=1S/C8H9N3O2/c1-2-4-9-6-3-5-10-7(11-6)8(12)13/h2-3,5H,1,4H2,(H,12,13)(H,9,10,11). The number of rotatable bonds is 4. The molecule has 1 heterocycles. The molecule has 0 aliphatic heterocycles. The molecule has 0 radical (unpaired) electrons. The van der Waals surface area contributed by atoms with E-state index in [1.165, 1.54) is 6.20 Å². The summed E-state index contributed by atoms with van der Waals surface area (Å²) in [5, 5.41) is 11.4. The highest BCUT2D eigenvalue weighted by Crippen LogP contribution is 2.00. The maximum absolute atomic E-state index is 10.5. The van der Waals surface area contributed by atoms with Gasteiger partial charge in [0.15, 0.2) is 0 Å². The fourth-order valence-corrected chi connectivity index (χ4v) is 0.737. The van der Waals surface area contributed by atoms with E-state index >= 15 is 0 Å². The minimum Gasteiger partial charge on any atom is -0.475 e. The maximum atomic E-state index is 10.5. The Morgan fingerprint density at radius 1 is 1.77 bits per heavy atom. The van der Waals surface area contributed by atoms with Crippen LogP contribution in [0.5, 0.6) is 0 Å². The van der Waals surface area contributed by atoms with Gasteiger partial charge in [-0.1, -0.05) is 6.08 Å². The van der Waals surface area contributed by atoms with Crippen LogP contribution in [0.1, 0.15) is 10.6 Å². The van der Waals surface area contributed by atoms with E-state index in [1.54, 1.807) is 12.1 Å². The minimum absolute atomic E-state index is 0.214. The molecule has 1 rings (SSSR count). The van der Waals surface area contributed by atoms with E-state index in [0.717, 1.165) is 0 Å². The van der Waals surface area contributed by atoms with Gasteiger partial charge in [0.2, 0.25) is 5.82 Å². The van der Waals surface area contributed by atoms with Crippen LogP contribution >= 0.6 is 0 Å². The zero-order valence-electron chi connectivity index (χ0n) is 6.90. The fraction of sp³-hybridized carbons (Fsp3) is 0.125. The number of carboxylic acids is 1. The van der Waals surface area contributed by atoms with Gasteiger partial charge in [-0.15, -0.1) is 6.58 Å². The van der Waals surface area contributed by atoms with Crippen molar-refractivity contribution in [1.29, 1.82) is 0 Å². The predicted octanol–water partition coefficient (Wildman–Crippen LogP) is 0.773. The lowest BCUT2D eigenvalue weighted by Crippen LogP contribution is -2.07. The average Bonchev–Trinajstić information content (AvgIpc) is 2.15. The smallest absolute Gasteiger partial charge is 0.374 e. The van der Waals surface area contributed by atoms with E-state index < -0.39 is 5.97 Å². The van der Waals surface area contributed by atoms with Gasteiger partial charge in [-0.25, -0.2) is 14.8 Å². The second-order valence-electron chi connectivity index (χ2n) is 2.24. The van der Waals surface area contributed by atoms with Crippen molar-refractivity contribution in [3.63, 3.8) is 0 Å². The first-order valence-corrected chi connectivity index (χ1v) is 3.65. The van der Waals surface area contributed by atoms with Crippen molar-refractivity contribution in [2.75, 3.05) is 11.9 Å². The highest BCUT2D eigenvalue weighted by atomic mass is 16.4. The molecule has 5 heteroatoms. The van der Waals surface area contributed by atoms with E-state index in [1.807, 2.05) is 0 Å². The van der Waals surface area contributed by atoms with Gasteiger partial charge in [-0.3, -0.25) is 0 Å². The van der Waals surface area contributed by atoms with Gasteiger partial charge < -0.3 is 10.4 Å². The Balaban J connectivity index is 2.79. The van der Waals surface area contributed by atoms with Crippen LogP contribution in [0.4, 0.5) is 5.82 Å². The number of nitrogens with one attached hydrogen (secondary N) is 1. The molecule has 13 heavy (non-hydrogen) atoms. The van der Waals surface area contributed by atoms with Crippen molar-refractivity contribution in [1.82, 2.24) is 9.97 Å². The van der Waals surface area contributed by atoms with Crippen molar-refractivity contribution < 1.29 is 9.90 Å². The third kappa shape index (κ3) is 2.55. The van der Waals surface area contributed by atoms with Crippen molar-refractivity contribution in [2.24, 2.45) is 0 Å². The summed E-state index contributed by atoms with van der Waals surface area (Å²) in [6, 6.07) is 1.59. The normalized spacial score (nSPS) is 9.23. The summed E-state index contributed by atoms with van der Waals surface area (Å²) in [6.45, 7) is 4.05. The first-order chi connectivity index (χ1) is 6.24. The summed E-state index contributed by atoms with van der Waals surface area (Å²) in [5.41, 5.74) is 0. The largest absolute Gasteiger partial charge is 0.475 e. The van der Waals surface area contributed by atoms with Crippen LogP contribution in [0.3, 0.4) is 0 Å². The minimum atomic E-state index is -1.14. The molecule has 1 aromatic heterocycles. The van der Waals surface area contributed by atoms with Gasteiger partial charge in [0, 0.05) is 12.7 Å². The Morgan fingerprint density at radius 3 is 3.15 bits per heavy atom. The molecule has 0 aliphatic rings. The van der Waals surface area contributed by atoms with E-state index in [9.17, 15) is 4.79 Å². The van der Waals surface area contributed by atoms with Gasteiger partial charge in [0.05, 0.1) is 0 Å². The Labute approximate surface area is 75.1 Å². The molecule has 2 N–H and O–H groups in total. The van der Waals surface area contributed by atoms with Crippen LogP contribution in [-0.4, -0.2) is 27.6 Å². The molecule has 0 spiro atoms. The first-order valence-electron chi connectivity index (χ1n) is 3.65. The topological polar surface area (TPSA) is 75.1 Å². The number of aromatic carboxylic acids is 1. The van der Waals surface area contributed by atoms with Gasteiger partial charge >= 0.3 is 5.97 Å². The molecule has 0 saturated heterocycles. The van der Waals surface area contributed by atoms with Crippen LogP contribution in [0.25, 0.3) is 0 Å². The molecule has 0 aliphatic carbocycles. The van der Waals surface area contributed by atoms with E-state index in [0.29, 0.717) is 12.4 Å². The number of nitrogens with zero attached hydrogens (tertiary/aromatic N) is 2. The summed E-state index contributed by atoms with van der Waals surface area (Å²) in [6.07, 6.45) is 3.05.